The summed E-state index contributed by atoms with van der Waals surface area (Å²) in [6.45, 7) is -0.482. The lowest BCUT2D eigenvalue weighted by molar-refractivity contribution is -0.173. The molecule has 1 aromatic rings. The number of hydrogen-bond donors (Lipinski definition) is 3. The molecule has 2 rings (SSSR count). The van der Waals surface area contributed by atoms with E-state index in [9.17, 15) is 27.6 Å². The second-order valence-corrected chi connectivity index (χ2v) is 5.01. The van der Waals surface area contributed by atoms with E-state index >= 15 is 0 Å². The highest BCUT2D eigenvalue weighted by Crippen LogP contribution is 2.14. The maximum atomic E-state index is 12.1. The number of alkyl halides is 3. The molecule has 1 aromatic carbocycles. The molecular weight excluding hydrogens is 331 g/mol. The van der Waals surface area contributed by atoms with Crippen molar-refractivity contribution >= 4 is 17.9 Å². The maximum absolute atomic E-state index is 12.1. The summed E-state index contributed by atoms with van der Waals surface area (Å²) >= 11 is 0. The number of rotatable bonds is 5. The molecule has 0 saturated carbocycles. The molecule has 0 aromatic heterocycles. The molecule has 2 atom stereocenters. The summed E-state index contributed by atoms with van der Waals surface area (Å²) in [6.07, 6.45) is -5.89. The molecule has 7 nitrogen and oxygen atoms in total. The first-order valence-corrected chi connectivity index (χ1v) is 6.90. The summed E-state index contributed by atoms with van der Waals surface area (Å²) in [5.74, 6) is -2.69. The normalized spacial score (nSPS) is 19.7. The van der Waals surface area contributed by atoms with Crippen LogP contribution in [0.25, 0.3) is 0 Å². The van der Waals surface area contributed by atoms with Crippen LogP contribution in [0.3, 0.4) is 0 Å². The largest absolute Gasteiger partial charge is 0.471 e. The van der Waals surface area contributed by atoms with Gasteiger partial charge in [0.1, 0.15) is 12.6 Å². The van der Waals surface area contributed by atoms with Gasteiger partial charge in [-0.2, -0.15) is 13.2 Å². The molecule has 1 heterocycles. The number of halogens is 3. The Labute approximate surface area is 134 Å². The molecule has 1 aliphatic heterocycles. The van der Waals surface area contributed by atoms with Crippen molar-refractivity contribution in [1.29, 1.82) is 0 Å². The zero-order valence-electron chi connectivity index (χ0n) is 12.2. The Bertz CT molecular complexity index is 621. The van der Waals surface area contributed by atoms with Crippen LogP contribution in [0.1, 0.15) is 5.56 Å². The third kappa shape index (κ3) is 4.61. The standard InChI is InChI=1S/C14H14F3N3O4/c15-14(16,17)12(22)18-6-9-10(11(21)19-9)20-13(23)24-7-8-4-2-1-3-5-8/h1-5,9-10H,6-7H2,(H,18,22)(H,19,21)(H,20,23)/t9-,10+/m0/s1. The van der Waals surface area contributed by atoms with E-state index < -0.39 is 42.7 Å². The lowest BCUT2D eigenvalue weighted by Crippen LogP contribution is -2.72. The molecule has 1 saturated heterocycles. The highest BCUT2D eigenvalue weighted by Gasteiger charge is 2.43. The fourth-order valence-electron chi connectivity index (χ4n) is 1.97. The van der Waals surface area contributed by atoms with Crippen LogP contribution in [0.4, 0.5) is 18.0 Å². The average molecular weight is 345 g/mol. The summed E-state index contributed by atoms with van der Waals surface area (Å²) in [6, 6.07) is 6.87. The van der Waals surface area contributed by atoms with Gasteiger partial charge in [-0.3, -0.25) is 9.59 Å². The van der Waals surface area contributed by atoms with Crippen molar-refractivity contribution in [3.8, 4) is 0 Å². The molecule has 24 heavy (non-hydrogen) atoms. The van der Waals surface area contributed by atoms with Gasteiger partial charge in [-0.1, -0.05) is 30.3 Å². The quantitative estimate of drug-likeness (QED) is 0.676. The number of carbonyl (C=O) groups is 3. The summed E-state index contributed by atoms with van der Waals surface area (Å²) < 4.78 is 41.1. The van der Waals surface area contributed by atoms with Crippen molar-refractivity contribution in [1.82, 2.24) is 16.0 Å². The number of β-lactam (4-membered cyclic amide) rings is 1. The van der Waals surface area contributed by atoms with Gasteiger partial charge >= 0.3 is 18.2 Å². The predicted molar refractivity (Wildman–Crippen MR) is 74.5 cm³/mol. The van der Waals surface area contributed by atoms with E-state index in [-0.39, 0.29) is 6.61 Å². The van der Waals surface area contributed by atoms with Gasteiger partial charge < -0.3 is 20.7 Å². The summed E-state index contributed by atoms with van der Waals surface area (Å²) in [5.41, 5.74) is 0.736. The lowest BCUT2D eigenvalue weighted by Gasteiger charge is -2.36. The fraction of sp³-hybridized carbons (Fsp3) is 0.357. The maximum Gasteiger partial charge on any atom is 0.471 e. The highest BCUT2D eigenvalue weighted by atomic mass is 19.4. The Morgan fingerprint density at radius 3 is 2.46 bits per heavy atom. The van der Waals surface area contributed by atoms with Crippen molar-refractivity contribution in [3.05, 3.63) is 35.9 Å². The molecule has 0 bridgehead atoms. The minimum absolute atomic E-state index is 0.0174. The highest BCUT2D eigenvalue weighted by molar-refractivity contribution is 5.92. The van der Waals surface area contributed by atoms with Gasteiger partial charge in [0.2, 0.25) is 5.91 Å². The van der Waals surface area contributed by atoms with Crippen LogP contribution in [0, 0.1) is 0 Å². The first-order valence-electron chi connectivity index (χ1n) is 6.90. The Morgan fingerprint density at radius 2 is 1.88 bits per heavy atom. The predicted octanol–water partition coefficient (Wildman–Crippen LogP) is 0.458. The molecule has 0 aliphatic carbocycles. The lowest BCUT2D eigenvalue weighted by atomic mass is 9.99. The van der Waals surface area contributed by atoms with Gasteiger partial charge in [-0.15, -0.1) is 0 Å². The molecular formula is C14H14F3N3O4. The Morgan fingerprint density at radius 1 is 1.21 bits per heavy atom. The van der Waals surface area contributed by atoms with Crippen molar-refractivity contribution in [3.63, 3.8) is 0 Å². The topological polar surface area (TPSA) is 96.5 Å². The number of alkyl carbamates (subject to hydrolysis) is 1. The Hall–Kier alpha value is -2.78. The molecule has 0 unspecified atom stereocenters. The minimum atomic E-state index is -5.01. The van der Waals surface area contributed by atoms with Gasteiger partial charge in [-0.25, -0.2) is 4.79 Å². The number of benzene rings is 1. The number of hydrogen-bond acceptors (Lipinski definition) is 4. The molecule has 1 fully saturated rings. The number of ether oxygens (including phenoxy) is 1. The zero-order valence-corrected chi connectivity index (χ0v) is 12.2. The molecule has 3 amide bonds. The van der Waals surface area contributed by atoms with E-state index in [1.807, 2.05) is 0 Å². The van der Waals surface area contributed by atoms with Gasteiger partial charge in [0.25, 0.3) is 0 Å². The van der Waals surface area contributed by atoms with Crippen molar-refractivity contribution < 1.29 is 32.3 Å². The van der Waals surface area contributed by atoms with Crippen molar-refractivity contribution in [2.75, 3.05) is 6.54 Å². The first kappa shape index (κ1) is 17.6. The van der Waals surface area contributed by atoms with Crippen LogP contribution in [-0.2, 0) is 20.9 Å². The summed E-state index contributed by atoms with van der Waals surface area (Å²) in [7, 11) is 0. The van der Waals surface area contributed by atoms with Crippen LogP contribution in [0.5, 0.6) is 0 Å². The molecule has 0 spiro atoms. The van der Waals surface area contributed by atoms with E-state index in [0.717, 1.165) is 5.56 Å². The second-order valence-electron chi connectivity index (χ2n) is 5.01. The van der Waals surface area contributed by atoms with E-state index in [1.54, 1.807) is 35.6 Å². The van der Waals surface area contributed by atoms with Gasteiger partial charge in [0.15, 0.2) is 0 Å². The zero-order chi connectivity index (χ0) is 17.7. The monoisotopic (exact) mass is 345 g/mol. The Kier molecular flexibility index (Phi) is 5.27. The summed E-state index contributed by atoms with van der Waals surface area (Å²) in [5, 5.41) is 6.17. The Balaban J connectivity index is 1.77. The molecule has 10 heteroatoms. The van der Waals surface area contributed by atoms with Crippen molar-refractivity contribution in [2.24, 2.45) is 0 Å². The number of amides is 3. The average Bonchev–Trinajstić information content (AvgIpc) is 2.54. The molecule has 3 N–H and O–H groups in total. The van der Waals surface area contributed by atoms with Crippen LogP contribution in [0.2, 0.25) is 0 Å². The van der Waals surface area contributed by atoms with E-state index in [4.69, 9.17) is 4.74 Å². The second kappa shape index (κ2) is 7.20. The van der Waals surface area contributed by atoms with Crippen LogP contribution >= 0.6 is 0 Å². The SMILES string of the molecule is O=C(N[C@H]1C(=O)N[C@H]1CNC(=O)C(F)(F)F)OCc1ccccc1. The van der Waals surface area contributed by atoms with Crippen LogP contribution < -0.4 is 16.0 Å². The fourth-order valence-corrected chi connectivity index (χ4v) is 1.97. The van der Waals surface area contributed by atoms with E-state index in [1.165, 1.54) is 0 Å². The molecule has 1 aliphatic rings. The molecule has 0 radical (unpaired) electrons. The molecule has 130 valence electrons. The van der Waals surface area contributed by atoms with Crippen LogP contribution in [-0.4, -0.2) is 42.7 Å². The number of carbonyl (C=O) groups excluding carboxylic acids is 3. The smallest absolute Gasteiger partial charge is 0.445 e. The third-order valence-corrected chi connectivity index (χ3v) is 3.24. The third-order valence-electron chi connectivity index (χ3n) is 3.24. The van der Waals surface area contributed by atoms with Crippen molar-refractivity contribution in [2.45, 2.75) is 24.9 Å². The minimum Gasteiger partial charge on any atom is -0.445 e. The first-order chi connectivity index (χ1) is 11.3. The van der Waals surface area contributed by atoms with Gasteiger partial charge in [0.05, 0.1) is 6.04 Å². The van der Waals surface area contributed by atoms with E-state index in [0.29, 0.717) is 0 Å². The number of nitrogens with one attached hydrogen (secondary N) is 3. The van der Waals surface area contributed by atoms with Gasteiger partial charge in [0, 0.05) is 6.54 Å². The van der Waals surface area contributed by atoms with Crippen LogP contribution in [0.15, 0.2) is 30.3 Å². The van der Waals surface area contributed by atoms with Gasteiger partial charge in [-0.05, 0) is 5.56 Å². The van der Waals surface area contributed by atoms with E-state index in [2.05, 4.69) is 10.6 Å². The summed E-state index contributed by atoms with van der Waals surface area (Å²) in [4.78, 5) is 33.7.